The summed E-state index contributed by atoms with van der Waals surface area (Å²) in [6, 6.07) is 5.85. The van der Waals surface area contributed by atoms with Crippen LogP contribution in [0.15, 0.2) is 36.8 Å². The van der Waals surface area contributed by atoms with Crippen molar-refractivity contribution in [1.29, 1.82) is 0 Å². The van der Waals surface area contributed by atoms with E-state index in [1.165, 1.54) is 0 Å². The van der Waals surface area contributed by atoms with Gasteiger partial charge in [0.15, 0.2) is 0 Å². The van der Waals surface area contributed by atoms with Crippen molar-refractivity contribution in [2.24, 2.45) is 5.84 Å². The SMILES string of the molecule is NN1Cc2cnccc2-c2ncccc21. The van der Waals surface area contributed by atoms with Gasteiger partial charge in [-0.25, -0.2) is 5.84 Å². The minimum atomic E-state index is 0.682. The third kappa shape index (κ3) is 1.19. The highest BCUT2D eigenvalue weighted by Gasteiger charge is 2.20. The van der Waals surface area contributed by atoms with Gasteiger partial charge in [-0.2, -0.15) is 0 Å². The number of rotatable bonds is 0. The highest BCUT2D eigenvalue weighted by Crippen LogP contribution is 2.34. The lowest BCUT2D eigenvalue weighted by Gasteiger charge is -2.27. The van der Waals surface area contributed by atoms with Gasteiger partial charge in [-0.3, -0.25) is 9.97 Å². The Kier molecular flexibility index (Phi) is 1.69. The summed E-state index contributed by atoms with van der Waals surface area (Å²) < 4.78 is 0. The molecule has 15 heavy (non-hydrogen) atoms. The predicted molar refractivity (Wildman–Crippen MR) is 57.8 cm³/mol. The molecule has 0 fully saturated rings. The number of nitrogens with two attached hydrogens (primary N) is 1. The maximum Gasteiger partial charge on any atom is 0.0953 e. The molecule has 0 spiro atoms. The van der Waals surface area contributed by atoms with Gasteiger partial charge in [-0.15, -0.1) is 0 Å². The van der Waals surface area contributed by atoms with E-state index >= 15 is 0 Å². The molecule has 0 bridgehead atoms. The van der Waals surface area contributed by atoms with Gasteiger partial charge >= 0.3 is 0 Å². The average Bonchev–Trinajstić information content (AvgIpc) is 2.30. The monoisotopic (exact) mass is 198 g/mol. The zero-order valence-electron chi connectivity index (χ0n) is 8.09. The molecule has 0 saturated heterocycles. The first-order valence-corrected chi connectivity index (χ1v) is 4.77. The molecule has 2 aromatic rings. The van der Waals surface area contributed by atoms with Crippen LogP contribution in [0.5, 0.6) is 0 Å². The van der Waals surface area contributed by atoms with Crippen molar-refractivity contribution in [2.45, 2.75) is 6.54 Å². The first-order chi connectivity index (χ1) is 7.36. The number of aromatic nitrogens is 2. The molecule has 74 valence electrons. The van der Waals surface area contributed by atoms with Crippen LogP contribution in [0.25, 0.3) is 11.3 Å². The summed E-state index contributed by atoms with van der Waals surface area (Å²) in [5, 5.41) is 1.70. The van der Waals surface area contributed by atoms with E-state index in [9.17, 15) is 0 Å². The summed E-state index contributed by atoms with van der Waals surface area (Å²) in [7, 11) is 0. The lowest BCUT2D eigenvalue weighted by molar-refractivity contribution is 0.832. The molecule has 0 atom stereocenters. The van der Waals surface area contributed by atoms with Gasteiger partial charge in [-0.1, -0.05) is 0 Å². The summed E-state index contributed by atoms with van der Waals surface area (Å²) in [5.41, 5.74) is 4.15. The number of hydrogen-bond acceptors (Lipinski definition) is 4. The minimum Gasteiger partial charge on any atom is -0.304 e. The second-order valence-corrected chi connectivity index (χ2v) is 3.53. The van der Waals surface area contributed by atoms with Crippen molar-refractivity contribution in [2.75, 3.05) is 5.01 Å². The van der Waals surface area contributed by atoms with Crippen LogP contribution in [0.2, 0.25) is 0 Å². The molecule has 4 nitrogen and oxygen atoms in total. The lowest BCUT2D eigenvalue weighted by atomic mass is 10.0. The number of anilines is 1. The molecule has 1 aliphatic heterocycles. The van der Waals surface area contributed by atoms with Gasteiger partial charge in [0, 0.05) is 29.7 Å². The minimum absolute atomic E-state index is 0.682. The summed E-state index contributed by atoms with van der Waals surface area (Å²) in [6.45, 7) is 0.682. The summed E-state index contributed by atoms with van der Waals surface area (Å²) in [4.78, 5) is 8.46. The zero-order valence-corrected chi connectivity index (χ0v) is 8.09. The fourth-order valence-corrected chi connectivity index (χ4v) is 1.89. The van der Waals surface area contributed by atoms with Gasteiger partial charge in [0.1, 0.15) is 0 Å². The number of nitrogens with zero attached hydrogens (tertiary/aromatic N) is 3. The molecular weight excluding hydrogens is 188 g/mol. The molecule has 2 aromatic heterocycles. The topological polar surface area (TPSA) is 55.0 Å². The van der Waals surface area contributed by atoms with E-state index in [0.717, 1.165) is 22.5 Å². The fraction of sp³-hybridized carbons (Fsp3) is 0.0909. The molecular formula is C11H10N4. The standard InChI is InChI=1S/C11H10N4/c12-15-7-8-6-13-5-3-9(8)11-10(15)2-1-4-14-11/h1-6H,7,12H2. The van der Waals surface area contributed by atoms with Gasteiger partial charge < -0.3 is 5.01 Å². The van der Waals surface area contributed by atoms with Crippen molar-refractivity contribution < 1.29 is 0 Å². The molecule has 1 aliphatic rings. The van der Waals surface area contributed by atoms with Gasteiger partial charge in [0.2, 0.25) is 0 Å². The highest BCUT2D eigenvalue weighted by atomic mass is 15.4. The van der Waals surface area contributed by atoms with Crippen LogP contribution in [0.3, 0.4) is 0 Å². The van der Waals surface area contributed by atoms with E-state index in [2.05, 4.69) is 9.97 Å². The molecule has 0 aromatic carbocycles. The number of fused-ring (bicyclic) bond motifs is 3. The van der Waals surface area contributed by atoms with Crippen LogP contribution >= 0.6 is 0 Å². The van der Waals surface area contributed by atoms with E-state index in [0.29, 0.717) is 6.54 Å². The molecule has 0 aliphatic carbocycles. The second kappa shape index (κ2) is 3.03. The molecule has 0 saturated carbocycles. The van der Waals surface area contributed by atoms with E-state index in [4.69, 9.17) is 5.84 Å². The Morgan fingerprint density at radius 2 is 2.20 bits per heavy atom. The maximum atomic E-state index is 5.93. The van der Waals surface area contributed by atoms with Crippen LogP contribution in [0, 0.1) is 0 Å². The Morgan fingerprint density at radius 3 is 3.13 bits per heavy atom. The Labute approximate surface area is 87.4 Å². The molecule has 3 heterocycles. The Bertz CT molecular complexity index is 509. The van der Waals surface area contributed by atoms with Crippen LogP contribution in [0.4, 0.5) is 5.69 Å². The predicted octanol–water partition coefficient (Wildman–Crippen LogP) is 1.34. The van der Waals surface area contributed by atoms with E-state index in [1.807, 2.05) is 24.4 Å². The van der Waals surface area contributed by atoms with Gasteiger partial charge in [0.25, 0.3) is 0 Å². The Hall–Kier alpha value is -1.94. The van der Waals surface area contributed by atoms with Crippen LogP contribution in [-0.4, -0.2) is 9.97 Å². The third-order valence-electron chi connectivity index (χ3n) is 2.60. The quantitative estimate of drug-likeness (QED) is 0.649. The largest absolute Gasteiger partial charge is 0.304 e. The van der Waals surface area contributed by atoms with E-state index < -0.39 is 0 Å². The summed E-state index contributed by atoms with van der Waals surface area (Å²) in [6.07, 6.45) is 5.40. The summed E-state index contributed by atoms with van der Waals surface area (Å²) in [5.74, 6) is 5.93. The molecule has 2 N–H and O–H groups in total. The normalized spacial score (nSPS) is 13.3. The first-order valence-electron chi connectivity index (χ1n) is 4.77. The average molecular weight is 198 g/mol. The molecule has 0 radical (unpaired) electrons. The van der Waals surface area contributed by atoms with Crippen molar-refractivity contribution in [1.82, 2.24) is 9.97 Å². The zero-order chi connectivity index (χ0) is 10.3. The van der Waals surface area contributed by atoms with Crippen molar-refractivity contribution in [3.05, 3.63) is 42.4 Å². The first kappa shape index (κ1) is 8.38. The number of pyridine rings is 2. The molecule has 0 unspecified atom stereocenters. The second-order valence-electron chi connectivity index (χ2n) is 3.53. The van der Waals surface area contributed by atoms with Crippen molar-refractivity contribution >= 4 is 5.69 Å². The Morgan fingerprint density at radius 1 is 1.27 bits per heavy atom. The highest BCUT2D eigenvalue weighted by molar-refractivity contribution is 5.79. The van der Waals surface area contributed by atoms with E-state index in [1.54, 1.807) is 17.4 Å². The molecule has 0 amide bonds. The van der Waals surface area contributed by atoms with Crippen molar-refractivity contribution in [3.8, 4) is 11.3 Å². The van der Waals surface area contributed by atoms with Gasteiger partial charge in [-0.05, 0) is 18.2 Å². The van der Waals surface area contributed by atoms with Gasteiger partial charge in [0.05, 0.1) is 17.9 Å². The maximum absolute atomic E-state index is 5.93. The molecule has 3 rings (SSSR count). The number of hydrogen-bond donors (Lipinski definition) is 1. The van der Waals surface area contributed by atoms with Crippen LogP contribution < -0.4 is 10.9 Å². The molecule has 4 heteroatoms. The summed E-state index contributed by atoms with van der Waals surface area (Å²) >= 11 is 0. The Balaban J connectivity index is 2.30. The van der Waals surface area contributed by atoms with Crippen LogP contribution in [-0.2, 0) is 6.54 Å². The fourth-order valence-electron chi connectivity index (χ4n) is 1.89. The van der Waals surface area contributed by atoms with E-state index in [-0.39, 0.29) is 0 Å². The van der Waals surface area contributed by atoms with Crippen molar-refractivity contribution in [3.63, 3.8) is 0 Å². The number of hydrazine groups is 1. The smallest absolute Gasteiger partial charge is 0.0953 e. The van der Waals surface area contributed by atoms with Crippen LogP contribution in [0.1, 0.15) is 5.56 Å². The lowest BCUT2D eigenvalue weighted by Crippen LogP contribution is -2.33. The third-order valence-corrected chi connectivity index (χ3v) is 2.60.